The van der Waals surface area contributed by atoms with Gasteiger partial charge in [-0.05, 0) is 23.3 Å². The van der Waals surface area contributed by atoms with Gasteiger partial charge < -0.3 is 0 Å². The van der Waals surface area contributed by atoms with Crippen molar-refractivity contribution >= 4 is 5.71 Å². The SMILES string of the molecule is C=C1CN=C(c2ccccn2)C(=C)C1=C. The Balaban J connectivity index is 2.44. The number of hydrogen-bond acceptors (Lipinski definition) is 2. The minimum absolute atomic E-state index is 0.587. The molecule has 0 N–H and O–H groups in total. The van der Waals surface area contributed by atoms with E-state index in [2.05, 4.69) is 29.7 Å². The van der Waals surface area contributed by atoms with Crippen LogP contribution in [0.4, 0.5) is 0 Å². The van der Waals surface area contributed by atoms with Gasteiger partial charge in [-0.2, -0.15) is 0 Å². The van der Waals surface area contributed by atoms with Gasteiger partial charge in [-0.25, -0.2) is 0 Å². The molecule has 0 unspecified atom stereocenters. The van der Waals surface area contributed by atoms with Crippen LogP contribution in [0.15, 0.2) is 65.8 Å². The van der Waals surface area contributed by atoms with E-state index in [1.165, 1.54) is 0 Å². The first-order valence-corrected chi connectivity index (χ1v) is 4.72. The van der Waals surface area contributed by atoms with Gasteiger partial charge in [0.15, 0.2) is 0 Å². The summed E-state index contributed by atoms with van der Waals surface area (Å²) in [5, 5.41) is 0. The smallest absolute Gasteiger partial charge is 0.0907 e. The van der Waals surface area contributed by atoms with E-state index < -0.39 is 0 Å². The molecule has 1 aliphatic rings. The molecular formula is C13H12N2. The Kier molecular flexibility index (Phi) is 2.34. The Hall–Kier alpha value is -1.96. The zero-order chi connectivity index (χ0) is 10.8. The Morgan fingerprint density at radius 1 is 1.07 bits per heavy atom. The highest BCUT2D eigenvalue weighted by atomic mass is 14.8. The standard InChI is InChI=1S/C13H12N2/c1-9-8-15-13(11(3)10(9)2)12-6-4-5-7-14-12/h4-7H,1-3,8H2. The molecule has 0 amide bonds. The zero-order valence-electron chi connectivity index (χ0n) is 8.53. The topological polar surface area (TPSA) is 25.2 Å². The second-order valence-corrected chi connectivity index (χ2v) is 3.44. The van der Waals surface area contributed by atoms with Gasteiger partial charge in [-0.3, -0.25) is 9.98 Å². The van der Waals surface area contributed by atoms with E-state index in [4.69, 9.17) is 0 Å². The number of aliphatic imine (C=N–C) groups is 1. The lowest BCUT2D eigenvalue weighted by Gasteiger charge is -2.18. The number of allylic oxidation sites excluding steroid dienone is 1. The maximum absolute atomic E-state index is 4.41. The lowest BCUT2D eigenvalue weighted by Crippen LogP contribution is -2.15. The Bertz CT molecular complexity index is 467. The summed E-state index contributed by atoms with van der Waals surface area (Å²) in [5.41, 5.74) is 4.31. The molecule has 0 spiro atoms. The Morgan fingerprint density at radius 2 is 1.87 bits per heavy atom. The van der Waals surface area contributed by atoms with Gasteiger partial charge in [0.05, 0.1) is 18.0 Å². The van der Waals surface area contributed by atoms with Crippen LogP contribution < -0.4 is 0 Å². The molecular weight excluding hydrogens is 184 g/mol. The van der Waals surface area contributed by atoms with E-state index in [-0.39, 0.29) is 0 Å². The number of hydrogen-bond donors (Lipinski definition) is 0. The van der Waals surface area contributed by atoms with Crippen LogP contribution >= 0.6 is 0 Å². The van der Waals surface area contributed by atoms with Gasteiger partial charge in [-0.15, -0.1) is 0 Å². The highest BCUT2D eigenvalue weighted by molar-refractivity contribution is 6.15. The van der Waals surface area contributed by atoms with Crippen molar-refractivity contribution in [3.8, 4) is 0 Å². The first kappa shape index (κ1) is 9.59. The minimum Gasteiger partial charge on any atom is -0.278 e. The average molecular weight is 196 g/mol. The largest absolute Gasteiger partial charge is 0.278 e. The van der Waals surface area contributed by atoms with Crippen LogP contribution in [0.3, 0.4) is 0 Å². The van der Waals surface area contributed by atoms with Crippen LogP contribution in [0.2, 0.25) is 0 Å². The van der Waals surface area contributed by atoms with Gasteiger partial charge in [-0.1, -0.05) is 25.8 Å². The van der Waals surface area contributed by atoms with Crippen LogP contribution in [0.25, 0.3) is 0 Å². The molecule has 0 saturated heterocycles. The van der Waals surface area contributed by atoms with Gasteiger partial charge in [0.2, 0.25) is 0 Å². The predicted octanol–water partition coefficient (Wildman–Crippen LogP) is 2.55. The molecule has 0 saturated carbocycles. The monoisotopic (exact) mass is 196 g/mol. The lowest BCUT2D eigenvalue weighted by molar-refractivity contribution is 1.12. The molecule has 0 aromatic carbocycles. The summed E-state index contributed by atoms with van der Waals surface area (Å²) in [5.74, 6) is 0. The maximum Gasteiger partial charge on any atom is 0.0907 e. The molecule has 1 aromatic heterocycles. The molecule has 74 valence electrons. The van der Waals surface area contributed by atoms with E-state index in [0.717, 1.165) is 28.1 Å². The maximum atomic E-state index is 4.41. The van der Waals surface area contributed by atoms with E-state index in [0.29, 0.717) is 6.54 Å². The van der Waals surface area contributed by atoms with Gasteiger partial charge in [0.25, 0.3) is 0 Å². The molecule has 0 atom stereocenters. The quantitative estimate of drug-likeness (QED) is 0.677. The molecule has 15 heavy (non-hydrogen) atoms. The van der Waals surface area contributed by atoms with Crippen molar-refractivity contribution in [3.63, 3.8) is 0 Å². The molecule has 2 heterocycles. The molecule has 2 rings (SSSR count). The van der Waals surface area contributed by atoms with Crippen molar-refractivity contribution in [1.82, 2.24) is 4.98 Å². The van der Waals surface area contributed by atoms with Gasteiger partial charge >= 0.3 is 0 Å². The fourth-order valence-corrected chi connectivity index (χ4v) is 1.46. The molecule has 0 fully saturated rings. The van der Waals surface area contributed by atoms with Crippen molar-refractivity contribution in [1.29, 1.82) is 0 Å². The van der Waals surface area contributed by atoms with Crippen LogP contribution in [0.5, 0.6) is 0 Å². The fraction of sp³-hybridized carbons (Fsp3) is 0.0769. The molecule has 1 aromatic rings. The molecule has 2 nitrogen and oxygen atoms in total. The fourth-order valence-electron chi connectivity index (χ4n) is 1.46. The van der Waals surface area contributed by atoms with Crippen molar-refractivity contribution in [2.45, 2.75) is 0 Å². The average Bonchev–Trinajstić information content (AvgIpc) is 2.27. The number of nitrogens with zero attached hydrogens (tertiary/aromatic N) is 2. The van der Waals surface area contributed by atoms with E-state index in [1.807, 2.05) is 18.2 Å². The third-order valence-electron chi connectivity index (χ3n) is 2.41. The molecule has 0 aliphatic carbocycles. The first-order chi connectivity index (χ1) is 7.20. The highest BCUT2D eigenvalue weighted by Gasteiger charge is 2.18. The van der Waals surface area contributed by atoms with Crippen molar-refractivity contribution in [3.05, 3.63) is 66.5 Å². The summed E-state index contributed by atoms with van der Waals surface area (Å²) in [7, 11) is 0. The van der Waals surface area contributed by atoms with Crippen LogP contribution in [0, 0.1) is 0 Å². The molecule has 0 radical (unpaired) electrons. The summed E-state index contributed by atoms with van der Waals surface area (Å²) in [6.07, 6.45) is 1.75. The number of pyridine rings is 1. The lowest BCUT2D eigenvalue weighted by atomic mass is 9.93. The zero-order valence-corrected chi connectivity index (χ0v) is 8.53. The summed E-state index contributed by atoms with van der Waals surface area (Å²) in [4.78, 5) is 8.66. The third kappa shape index (κ3) is 1.66. The van der Waals surface area contributed by atoms with Crippen molar-refractivity contribution in [2.24, 2.45) is 4.99 Å². The van der Waals surface area contributed by atoms with Crippen molar-refractivity contribution < 1.29 is 0 Å². The number of aromatic nitrogens is 1. The van der Waals surface area contributed by atoms with E-state index >= 15 is 0 Å². The predicted molar refractivity (Wildman–Crippen MR) is 63.1 cm³/mol. The molecule has 0 bridgehead atoms. The van der Waals surface area contributed by atoms with E-state index in [9.17, 15) is 0 Å². The second-order valence-electron chi connectivity index (χ2n) is 3.44. The minimum atomic E-state index is 0.587. The number of rotatable bonds is 1. The van der Waals surface area contributed by atoms with Gasteiger partial charge in [0.1, 0.15) is 0 Å². The molecule has 2 heteroatoms. The van der Waals surface area contributed by atoms with Crippen molar-refractivity contribution in [2.75, 3.05) is 6.54 Å². The summed E-state index contributed by atoms with van der Waals surface area (Å²) in [6, 6.07) is 5.74. The summed E-state index contributed by atoms with van der Waals surface area (Å²) >= 11 is 0. The first-order valence-electron chi connectivity index (χ1n) is 4.72. The van der Waals surface area contributed by atoms with Crippen LogP contribution in [-0.4, -0.2) is 17.2 Å². The van der Waals surface area contributed by atoms with Gasteiger partial charge in [0, 0.05) is 11.8 Å². The summed E-state index contributed by atoms with van der Waals surface area (Å²) < 4.78 is 0. The normalized spacial score (nSPS) is 16.5. The third-order valence-corrected chi connectivity index (χ3v) is 2.41. The second kappa shape index (κ2) is 3.65. The molecule has 1 aliphatic heterocycles. The van der Waals surface area contributed by atoms with Crippen LogP contribution in [0.1, 0.15) is 5.69 Å². The summed E-state index contributed by atoms with van der Waals surface area (Å²) in [6.45, 7) is 12.4. The Labute approximate surface area is 89.4 Å². The van der Waals surface area contributed by atoms with E-state index in [1.54, 1.807) is 6.20 Å². The van der Waals surface area contributed by atoms with Crippen LogP contribution in [-0.2, 0) is 0 Å². The highest BCUT2D eigenvalue weighted by Crippen LogP contribution is 2.23. The Morgan fingerprint density at radius 3 is 2.53 bits per heavy atom.